The summed E-state index contributed by atoms with van der Waals surface area (Å²) in [4.78, 5) is 14.5. The molecule has 2 fully saturated rings. The Morgan fingerprint density at radius 3 is 2.20 bits per heavy atom. The number of carbonyl (C=O) groups excluding carboxylic acids is 1. The molecule has 0 saturated heterocycles. The molecule has 2 rings (SSSR count). The monoisotopic (exact) mass is 280 g/mol. The Balaban J connectivity index is 1.86. The summed E-state index contributed by atoms with van der Waals surface area (Å²) in [6.07, 6.45) is 11.0. The minimum atomic E-state index is -0.225. The lowest BCUT2D eigenvalue weighted by Crippen LogP contribution is -2.49. The molecule has 2 aliphatic carbocycles. The zero-order chi connectivity index (χ0) is 14.8. The smallest absolute Gasteiger partial charge is 0.224 e. The van der Waals surface area contributed by atoms with Crippen LogP contribution in [0.3, 0.4) is 0 Å². The predicted octanol–water partition coefficient (Wildman–Crippen LogP) is 3.47. The van der Waals surface area contributed by atoms with Gasteiger partial charge in [-0.05, 0) is 43.9 Å². The number of nitrogens with zero attached hydrogens (tertiary/aromatic N) is 1. The summed E-state index contributed by atoms with van der Waals surface area (Å²) in [6, 6.07) is 0.433. The Morgan fingerprint density at radius 2 is 1.65 bits per heavy atom. The van der Waals surface area contributed by atoms with Crippen LogP contribution in [0.15, 0.2) is 0 Å². The van der Waals surface area contributed by atoms with Crippen molar-refractivity contribution in [3.63, 3.8) is 0 Å². The van der Waals surface area contributed by atoms with Gasteiger partial charge < -0.3 is 10.6 Å². The fraction of sp³-hybridized carbons (Fsp3) is 0.941. The maximum absolute atomic E-state index is 12.5. The first-order valence-corrected chi connectivity index (χ1v) is 8.36. The van der Waals surface area contributed by atoms with Gasteiger partial charge in [-0.15, -0.1) is 0 Å². The van der Waals surface area contributed by atoms with Gasteiger partial charge in [0.25, 0.3) is 0 Å². The van der Waals surface area contributed by atoms with E-state index in [9.17, 15) is 4.79 Å². The Kier molecular flexibility index (Phi) is 4.78. The molecule has 0 atom stereocenters. The Hall–Kier alpha value is -0.570. The van der Waals surface area contributed by atoms with Crippen LogP contribution in [0.1, 0.15) is 78.1 Å². The summed E-state index contributed by atoms with van der Waals surface area (Å²) in [5, 5.41) is 0. The number of amides is 1. The van der Waals surface area contributed by atoms with Gasteiger partial charge in [-0.2, -0.15) is 0 Å². The van der Waals surface area contributed by atoms with Crippen molar-refractivity contribution in [3.8, 4) is 0 Å². The van der Waals surface area contributed by atoms with Gasteiger partial charge in [0.2, 0.25) is 5.91 Å². The average Bonchev–Trinajstić information content (AvgIpc) is 2.38. The van der Waals surface area contributed by atoms with Gasteiger partial charge >= 0.3 is 0 Å². The van der Waals surface area contributed by atoms with Gasteiger partial charge in [0.05, 0.1) is 0 Å². The number of hydrogen-bond donors (Lipinski definition) is 1. The molecular weight excluding hydrogens is 248 g/mol. The normalized spacial score (nSPS) is 26.2. The minimum Gasteiger partial charge on any atom is -0.343 e. The van der Waals surface area contributed by atoms with Crippen molar-refractivity contribution in [1.29, 1.82) is 0 Å². The maximum Gasteiger partial charge on any atom is 0.224 e. The highest BCUT2D eigenvalue weighted by atomic mass is 16.2. The molecule has 0 spiro atoms. The molecule has 0 unspecified atom stereocenters. The van der Waals surface area contributed by atoms with Crippen molar-refractivity contribution < 1.29 is 4.79 Å². The summed E-state index contributed by atoms with van der Waals surface area (Å²) >= 11 is 0. The second-order valence-electron chi connectivity index (χ2n) is 8.00. The van der Waals surface area contributed by atoms with Crippen LogP contribution >= 0.6 is 0 Å². The van der Waals surface area contributed by atoms with Crippen LogP contribution in [0, 0.1) is 5.41 Å². The van der Waals surface area contributed by atoms with E-state index in [1.54, 1.807) is 0 Å². The van der Waals surface area contributed by atoms with Crippen LogP contribution in [0.5, 0.6) is 0 Å². The first-order valence-electron chi connectivity index (χ1n) is 8.36. The molecule has 20 heavy (non-hydrogen) atoms. The molecule has 116 valence electrons. The molecule has 0 heterocycles. The van der Waals surface area contributed by atoms with E-state index < -0.39 is 0 Å². The zero-order valence-electron chi connectivity index (χ0n) is 13.6. The molecule has 0 aliphatic heterocycles. The van der Waals surface area contributed by atoms with Crippen LogP contribution in [0.2, 0.25) is 0 Å². The lowest BCUT2D eigenvalue weighted by atomic mass is 9.75. The lowest BCUT2D eigenvalue weighted by Gasteiger charge is -2.40. The predicted molar refractivity (Wildman–Crippen MR) is 83.4 cm³/mol. The van der Waals surface area contributed by atoms with Crippen LogP contribution in [-0.4, -0.2) is 29.4 Å². The van der Waals surface area contributed by atoms with Crippen LogP contribution < -0.4 is 5.73 Å². The fourth-order valence-electron chi connectivity index (χ4n) is 3.83. The van der Waals surface area contributed by atoms with Crippen molar-refractivity contribution in [2.75, 3.05) is 7.05 Å². The Bertz CT molecular complexity index is 335. The third kappa shape index (κ3) is 3.97. The second-order valence-corrected chi connectivity index (χ2v) is 8.00. The van der Waals surface area contributed by atoms with E-state index in [0.717, 1.165) is 25.7 Å². The molecule has 0 aromatic heterocycles. The van der Waals surface area contributed by atoms with E-state index in [0.29, 0.717) is 17.9 Å². The summed E-state index contributed by atoms with van der Waals surface area (Å²) in [5.74, 6) is 0.263. The molecular formula is C17H32N2O. The number of carbonyl (C=O) groups is 1. The Labute approximate surface area is 124 Å². The zero-order valence-corrected chi connectivity index (χ0v) is 13.6. The molecule has 2 N–H and O–H groups in total. The van der Waals surface area contributed by atoms with Crippen LogP contribution in [-0.2, 0) is 4.79 Å². The highest BCUT2D eigenvalue weighted by Gasteiger charge is 2.34. The molecule has 0 bridgehead atoms. The first kappa shape index (κ1) is 15.8. The van der Waals surface area contributed by atoms with Crippen molar-refractivity contribution in [3.05, 3.63) is 0 Å². The first-order chi connectivity index (χ1) is 9.31. The van der Waals surface area contributed by atoms with E-state index in [2.05, 4.69) is 13.8 Å². The van der Waals surface area contributed by atoms with Gasteiger partial charge in [0.1, 0.15) is 0 Å². The number of rotatable bonds is 3. The average molecular weight is 280 g/mol. The highest BCUT2D eigenvalue weighted by Crippen LogP contribution is 2.37. The van der Waals surface area contributed by atoms with Crippen molar-refractivity contribution in [2.45, 2.75) is 89.6 Å². The largest absolute Gasteiger partial charge is 0.343 e. The van der Waals surface area contributed by atoms with Gasteiger partial charge in [0.15, 0.2) is 0 Å². The SMILES string of the molecule is CN(C(=O)CC1(N)CCCCC1)C1CCC(C)(C)CC1. The number of hydrogen-bond acceptors (Lipinski definition) is 2. The standard InChI is InChI=1S/C17H32N2O/c1-16(2)11-7-14(8-12-16)19(3)15(20)13-17(18)9-5-4-6-10-17/h14H,4-13,18H2,1-3H3. The second kappa shape index (κ2) is 6.05. The molecule has 1 amide bonds. The fourth-order valence-corrected chi connectivity index (χ4v) is 3.83. The maximum atomic E-state index is 12.5. The van der Waals surface area contributed by atoms with Crippen LogP contribution in [0.4, 0.5) is 0 Å². The van der Waals surface area contributed by atoms with E-state index in [-0.39, 0.29) is 11.4 Å². The molecule has 3 nitrogen and oxygen atoms in total. The highest BCUT2D eigenvalue weighted by molar-refractivity contribution is 5.77. The number of nitrogens with two attached hydrogens (primary N) is 1. The van der Waals surface area contributed by atoms with Gasteiger partial charge in [0, 0.05) is 25.0 Å². The third-order valence-corrected chi connectivity index (χ3v) is 5.60. The third-order valence-electron chi connectivity index (χ3n) is 5.60. The molecule has 2 aliphatic rings. The Morgan fingerprint density at radius 1 is 1.10 bits per heavy atom. The topological polar surface area (TPSA) is 46.3 Å². The van der Waals surface area contributed by atoms with E-state index in [1.807, 2.05) is 11.9 Å². The van der Waals surface area contributed by atoms with Gasteiger partial charge in [-0.1, -0.05) is 33.1 Å². The van der Waals surface area contributed by atoms with Crippen molar-refractivity contribution >= 4 is 5.91 Å². The quantitative estimate of drug-likeness (QED) is 0.860. The molecule has 3 heteroatoms. The molecule has 0 radical (unpaired) electrons. The molecule has 2 saturated carbocycles. The minimum absolute atomic E-state index is 0.225. The molecule has 0 aromatic carbocycles. The van der Waals surface area contributed by atoms with Crippen molar-refractivity contribution in [2.24, 2.45) is 11.1 Å². The van der Waals surface area contributed by atoms with Gasteiger partial charge in [-0.25, -0.2) is 0 Å². The molecule has 0 aromatic rings. The summed E-state index contributed by atoms with van der Waals surface area (Å²) in [6.45, 7) is 4.67. The van der Waals surface area contributed by atoms with Gasteiger partial charge in [-0.3, -0.25) is 4.79 Å². The van der Waals surface area contributed by atoms with E-state index >= 15 is 0 Å². The van der Waals surface area contributed by atoms with Crippen molar-refractivity contribution in [1.82, 2.24) is 4.90 Å². The van der Waals surface area contributed by atoms with E-state index in [4.69, 9.17) is 5.73 Å². The summed E-state index contributed by atoms with van der Waals surface area (Å²) < 4.78 is 0. The summed E-state index contributed by atoms with van der Waals surface area (Å²) in [5.41, 5.74) is 6.66. The van der Waals surface area contributed by atoms with E-state index in [1.165, 1.54) is 32.1 Å². The lowest BCUT2D eigenvalue weighted by molar-refractivity contribution is -0.134. The van der Waals surface area contributed by atoms with Crippen LogP contribution in [0.25, 0.3) is 0 Å². The summed E-state index contributed by atoms with van der Waals surface area (Å²) in [7, 11) is 1.98.